The molecule has 0 amide bonds. The number of sulfonamides is 1. The summed E-state index contributed by atoms with van der Waals surface area (Å²) in [7, 11) is -3.94. The van der Waals surface area contributed by atoms with Gasteiger partial charge in [0.2, 0.25) is 0 Å². The lowest BCUT2D eigenvalue weighted by Gasteiger charge is -2.11. The third kappa shape index (κ3) is 3.32. The van der Waals surface area contributed by atoms with Crippen LogP contribution < -0.4 is 4.72 Å². The molecule has 0 aliphatic rings. The van der Waals surface area contributed by atoms with Gasteiger partial charge in [0, 0.05) is 6.07 Å². The summed E-state index contributed by atoms with van der Waals surface area (Å²) in [5, 5.41) is 12.9. The van der Waals surface area contributed by atoms with E-state index in [0.29, 0.717) is 0 Å². The Labute approximate surface area is 145 Å². The van der Waals surface area contributed by atoms with Crippen LogP contribution in [0, 0.1) is 24.0 Å². The van der Waals surface area contributed by atoms with Gasteiger partial charge in [0.25, 0.3) is 15.7 Å². The first-order valence-corrected chi connectivity index (χ1v) is 9.03. The molecule has 3 rings (SSSR count). The minimum absolute atomic E-state index is 0.0405. The highest BCUT2D eigenvalue weighted by atomic mass is 32.2. The number of anilines is 1. The van der Waals surface area contributed by atoms with Crippen LogP contribution in [-0.2, 0) is 10.0 Å². The van der Waals surface area contributed by atoms with Crippen LogP contribution in [0.5, 0.6) is 0 Å². The van der Waals surface area contributed by atoms with Crippen LogP contribution in [0.25, 0.3) is 10.8 Å². The molecular formula is C18H16N2O4S. The fraction of sp³-hybridized carbons (Fsp3) is 0.111. The summed E-state index contributed by atoms with van der Waals surface area (Å²) in [5.74, 6) is 0. The molecule has 0 spiro atoms. The van der Waals surface area contributed by atoms with Crippen LogP contribution in [0.2, 0.25) is 0 Å². The Kier molecular flexibility index (Phi) is 4.18. The van der Waals surface area contributed by atoms with E-state index in [-0.39, 0.29) is 16.3 Å². The normalized spacial score (nSPS) is 11.4. The Bertz CT molecular complexity index is 1090. The van der Waals surface area contributed by atoms with Gasteiger partial charge >= 0.3 is 0 Å². The Hall–Kier alpha value is -2.93. The zero-order chi connectivity index (χ0) is 18.2. The average molecular weight is 356 g/mol. The van der Waals surface area contributed by atoms with Gasteiger partial charge in [-0.1, -0.05) is 30.3 Å². The minimum Gasteiger partial charge on any atom is -0.273 e. The number of hydrogen-bond acceptors (Lipinski definition) is 4. The maximum Gasteiger partial charge on any atom is 0.293 e. The molecule has 1 N–H and O–H groups in total. The third-order valence-electron chi connectivity index (χ3n) is 4.08. The molecular weight excluding hydrogens is 340 g/mol. The van der Waals surface area contributed by atoms with E-state index in [2.05, 4.69) is 4.72 Å². The highest BCUT2D eigenvalue weighted by molar-refractivity contribution is 7.92. The molecule has 25 heavy (non-hydrogen) atoms. The van der Waals surface area contributed by atoms with Crippen LogP contribution >= 0.6 is 0 Å². The van der Waals surface area contributed by atoms with Gasteiger partial charge in [-0.05, 0) is 53.9 Å². The number of benzene rings is 3. The molecule has 0 unspecified atom stereocenters. The van der Waals surface area contributed by atoms with Crippen molar-refractivity contribution in [2.24, 2.45) is 0 Å². The van der Waals surface area contributed by atoms with Gasteiger partial charge in [0.05, 0.1) is 9.82 Å². The van der Waals surface area contributed by atoms with Crippen molar-refractivity contribution in [2.45, 2.75) is 18.7 Å². The van der Waals surface area contributed by atoms with Crippen LogP contribution in [0.4, 0.5) is 11.4 Å². The molecule has 3 aromatic carbocycles. The van der Waals surface area contributed by atoms with Crippen molar-refractivity contribution in [3.8, 4) is 0 Å². The second kappa shape index (κ2) is 6.18. The van der Waals surface area contributed by atoms with Crippen molar-refractivity contribution < 1.29 is 13.3 Å². The fourth-order valence-electron chi connectivity index (χ4n) is 2.57. The summed E-state index contributed by atoms with van der Waals surface area (Å²) in [6.07, 6.45) is 0. The highest BCUT2D eigenvalue weighted by Gasteiger charge is 2.22. The van der Waals surface area contributed by atoms with Crippen LogP contribution in [0.3, 0.4) is 0 Å². The molecule has 0 heterocycles. The Morgan fingerprint density at radius 3 is 2.24 bits per heavy atom. The monoisotopic (exact) mass is 356 g/mol. The maximum absolute atomic E-state index is 12.7. The molecule has 3 aromatic rings. The van der Waals surface area contributed by atoms with E-state index in [0.717, 1.165) is 21.9 Å². The molecule has 0 radical (unpaired) electrons. The zero-order valence-electron chi connectivity index (χ0n) is 13.7. The third-order valence-corrected chi connectivity index (χ3v) is 5.45. The standard InChI is InChI=1S/C18H16N2O4S/c1-12-9-17(18(20(21)22)10-13(12)2)19-25(23,24)16-8-7-14-5-3-4-6-15(14)11-16/h3-11,19H,1-2H3. The Balaban J connectivity index is 2.06. The average Bonchev–Trinajstić information content (AvgIpc) is 2.57. The van der Waals surface area contributed by atoms with Gasteiger partial charge < -0.3 is 0 Å². The molecule has 7 heteroatoms. The van der Waals surface area contributed by atoms with E-state index in [1.807, 2.05) is 24.3 Å². The summed E-state index contributed by atoms with van der Waals surface area (Å²) in [5.41, 5.74) is 1.18. The first-order valence-electron chi connectivity index (χ1n) is 7.55. The zero-order valence-corrected chi connectivity index (χ0v) is 14.5. The molecule has 0 aliphatic carbocycles. The summed E-state index contributed by atoms with van der Waals surface area (Å²) < 4.78 is 27.7. The maximum atomic E-state index is 12.7. The van der Waals surface area contributed by atoms with Crippen molar-refractivity contribution >= 4 is 32.2 Å². The van der Waals surface area contributed by atoms with Crippen LogP contribution in [-0.4, -0.2) is 13.3 Å². The van der Waals surface area contributed by atoms with Crippen molar-refractivity contribution in [2.75, 3.05) is 4.72 Å². The predicted molar refractivity (Wildman–Crippen MR) is 97.3 cm³/mol. The lowest BCUT2D eigenvalue weighted by atomic mass is 10.1. The quantitative estimate of drug-likeness (QED) is 0.561. The van der Waals surface area contributed by atoms with Gasteiger partial charge in [-0.15, -0.1) is 0 Å². The van der Waals surface area contributed by atoms with Crippen LogP contribution in [0.1, 0.15) is 11.1 Å². The second-order valence-electron chi connectivity index (χ2n) is 5.83. The molecule has 0 aliphatic heterocycles. The number of hydrogen-bond donors (Lipinski definition) is 1. The Morgan fingerprint density at radius 2 is 1.56 bits per heavy atom. The number of nitrogens with one attached hydrogen (secondary N) is 1. The number of aryl methyl sites for hydroxylation is 2. The van der Waals surface area contributed by atoms with Crippen molar-refractivity contribution in [3.63, 3.8) is 0 Å². The van der Waals surface area contributed by atoms with Crippen molar-refractivity contribution in [3.05, 3.63) is 75.8 Å². The molecule has 6 nitrogen and oxygen atoms in total. The lowest BCUT2D eigenvalue weighted by molar-refractivity contribution is -0.383. The SMILES string of the molecule is Cc1cc(NS(=O)(=O)c2ccc3ccccc3c2)c([N+](=O)[O-])cc1C. The van der Waals surface area contributed by atoms with Crippen molar-refractivity contribution in [1.29, 1.82) is 0 Å². The van der Waals surface area contributed by atoms with E-state index >= 15 is 0 Å². The smallest absolute Gasteiger partial charge is 0.273 e. The first-order chi connectivity index (χ1) is 11.8. The molecule has 0 atom stereocenters. The van der Waals surface area contributed by atoms with Gasteiger partial charge in [-0.2, -0.15) is 0 Å². The number of nitro benzene ring substituents is 1. The highest BCUT2D eigenvalue weighted by Crippen LogP contribution is 2.30. The molecule has 128 valence electrons. The number of fused-ring (bicyclic) bond motifs is 1. The topological polar surface area (TPSA) is 89.3 Å². The number of nitro groups is 1. The van der Waals surface area contributed by atoms with Gasteiger partial charge in [0.1, 0.15) is 5.69 Å². The minimum atomic E-state index is -3.94. The lowest BCUT2D eigenvalue weighted by Crippen LogP contribution is -2.14. The molecule has 0 fully saturated rings. The van der Waals surface area contributed by atoms with E-state index in [1.54, 1.807) is 26.0 Å². The molecule has 0 saturated carbocycles. The molecule has 0 bridgehead atoms. The Morgan fingerprint density at radius 1 is 0.920 bits per heavy atom. The summed E-state index contributed by atoms with van der Waals surface area (Å²) in [4.78, 5) is 10.7. The van der Waals surface area contributed by atoms with Gasteiger partial charge in [-0.3, -0.25) is 14.8 Å². The second-order valence-corrected chi connectivity index (χ2v) is 7.51. The fourth-order valence-corrected chi connectivity index (χ4v) is 3.67. The largest absolute Gasteiger partial charge is 0.293 e. The number of nitrogens with zero attached hydrogens (tertiary/aromatic N) is 1. The van der Waals surface area contributed by atoms with Gasteiger partial charge in [0.15, 0.2) is 0 Å². The van der Waals surface area contributed by atoms with E-state index in [4.69, 9.17) is 0 Å². The van der Waals surface area contributed by atoms with Gasteiger partial charge in [-0.25, -0.2) is 8.42 Å². The summed E-state index contributed by atoms with van der Waals surface area (Å²) in [6, 6.07) is 15.0. The summed E-state index contributed by atoms with van der Waals surface area (Å²) >= 11 is 0. The van der Waals surface area contributed by atoms with E-state index in [9.17, 15) is 18.5 Å². The van der Waals surface area contributed by atoms with Crippen molar-refractivity contribution in [1.82, 2.24) is 0 Å². The molecule has 0 saturated heterocycles. The van der Waals surface area contributed by atoms with Crippen LogP contribution in [0.15, 0.2) is 59.5 Å². The first kappa shape index (κ1) is 16.9. The molecule has 0 aromatic heterocycles. The van der Waals surface area contributed by atoms with E-state index < -0.39 is 14.9 Å². The summed E-state index contributed by atoms with van der Waals surface area (Å²) in [6.45, 7) is 3.51. The van der Waals surface area contributed by atoms with E-state index in [1.165, 1.54) is 18.2 Å². The number of rotatable bonds is 4. The predicted octanol–water partition coefficient (Wildman–Crippen LogP) is 4.17.